The van der Waals surface area contributed by atoms with Gasteiger partial charge in [0, 0.05) is 6.42 Å². The average Bonchev–Trinajstić information content (AvgIpc) is 3.20. The highest BCUT2D eigenvalue weighted by molar-refractivity contribution is 7.47. The van der Waals surface area contributed by atoms with Gasteiger partial charge in [-0.05, 0) is 70.6 Å². The first-order valence-electron chi connectivity index (χ1n) is 24.0. The number of quaternary nitrogens is 1. The summed E-state index contributed by atoms with van der Waals surface area (Å²) < 4.78 is 23.5. The fraction of sp³-hybridized carbons (Fsp3) is 0.706. The van der Waals surface area contributed by atoms with E-state index < -0.39 is 20.0 Å². The van der Waals surface area contributed by atoms with Crippen LogP contribution in [0.3, 0.4) is 0 Å². The number of allylic oxidation sites excluding steroid dienone is 13. The molecule has 0 aliphatic rings. The molecule has 0 rings (SSSR count). The summed E-state index contributed by atoms with van der Waals surface area (Å²) in [6.45, 7) is 4.60. The maximum Gasteiger partial charge on any atom is 0.472 e. The molecule has 0 saturated heterocycles. The number of aliphatic hydroxyl groups is 1. The van der Waals surface area contributed by atoms with Crippen molar-refractivity contribution in [2.24, 2.45) is 0 Å². The van der Waals surface area contributed by atoms with E-state index in [1.807, 2.05) is 39.4 Å². The van der Waals surface area contributed by atoms with Gasteiger partial charge < -0.3 is 19.8 Å². The van der Waals surface area contributed by atoms with Gasteiger partial charge in [0.25, 0.3) is 0 Å². The van der Waals surface area contributed by atoms with Crippen LogP contribution in [0, 0.1) is 0 Å². The molecule has 0 aliphatic heterocycles. The van der Waals surface area contributed by atoms with Gasteiger partial charge in [-0.2, -0.15) is 0 Å². The molecule has 0 aromatic rings. The highest BCUT2D eigenvalue weighted by atomic mass is 31.2. The van der Waals surface area contributed by atoms with Crippen LogP contribution in [0.1, 0.15) is 181 Å². The zero-order valence-electron chi connectivity index (χ0n) is 39.2. The van der Waals surface area contributed by atoms with Gasteiger partial charge >= 0.3 is 7.82 Å². The Balaban J connectivity index is 4.45. The van der Waals surface area contributed by atoms with Crippen LogP contribution in [-0.2, 0) is 18.4 Å². The molecule has 0 spiro atoms. The minimum atomic E-state index is -4.37. The van der Waals surface area contributed by atoms with Crippen LogP contribution in [0.2, 0.25) is 0 Å². The van der Waals surface area contributed by atoms with Gasteiger partial charge in [-0.1, -0.05) is 189 Å². The molecule has 0 radical (unpaired) electrons. The number of carbonyl (C=O) groups excluding carboxylic acids is 1. The third-order valence-electron chi connectivity index (χ3n) is 10.1. The summed E-state index contributed by atoms with van der Waals surface area (Å²) in [5.74, 6) is -0.274. The number of phosphoric acid groups is 1. The lowest BCUT2D eigenvalue weighted by Crippen LogP contribution is -2.45. The molecule has 3 atom stereocenters. The van der Waals surface area contributed by atoms with Crippen molar-refractivity contribution in [3.05, 3.63) is 85.1 Å². The second-order valence-corrected chi connectivity index (χ2v) is 18.5. The minimum Gasteiger partial charge on any atom is -0.387 e. The maximum atomic E-state index is 12.8. The van der Waals surface area contributed by atoms with E-state index in [2.05, 4.69) is 79.9 Å². The number of amides is 1. The van der Waals surface area contributed by atoms with E-state index in [4.69, 9.17) is 9.05 Å². The first-order valence-corrected chi connectivity index (χ1v) is 25.5. The van der Waals surface area contributed by atoms with E-state index in [9.17, 15) is 19.4 Å². The Labute approximate surface area is 369 Å². The number of hydrogen-bond acceptors (Lipinski definition) is 5. The predicted octanol–water partition coefficient (Wildman–Crippen LogP) is 13.7. The molecule has 0 aromatic heterocycles. The Morgan fingerprint density at radius 1 is 0.583 bits per heavy atom. The van der Waals surface area contributed by atoms with E-state index in [0.717, 1.165) is 51.4 Å². The molecule has 0 bridgehead atoms. The molecular formula is C51H92N2O6P+. The topological polar surface area (TPSA) is 105 Å². The average molecular weight is 860 g/mol. The molecule has 0 fully saturated rings. The van der Waals surface area contributed by atoms with Gasteiger partial charge in [0.1, 0.15) is 13.2 Å². The van der Waals surface area contributed by atoms with Gasteiger partial charge in [0.05, 0.1) is 39.9 Å². The van der Waals surface area contributed by atoms with Crippen LogP contribution in [0.15, 0.2) is 85.1 Å². The van der Waals surface area contributed by atoms with Crippen LogP contribution in [0.4, 0.5) is 0 Å². The number of unbranched alkanes of at least 4 members (excludes halogenated alkanes) is 17. The van der Waals surface area contributed by atoms with E-state index in [0.29, 0.717) is 17.4 Å². The van der Waals surface area contributed by atoms with Crippen molar-refractivity contribution < 1.29 is 32.9 Å². The molecule has 0 aromatic carbocycles. The zero-order valence-corrected chi connectivity index (χ0v) is 40.1. The zero-order chi connectivity index (χ0) is 44.3. The molecule has 3 unspecified atom stereocenters. The van der Waals surface area contributed by atoms with E-state index in [1.54, 1.807) is 6.08 Å². The normalized spacial score (nSPS) is 15.0. The van der Waals surface area contributed by atoms with E-state index in [-0.39, 0.29) is 25.5 Å². The number of nitrogens with one attached hydrogen (secondary N) is 1. The van der Waals surface area contributed by atoms with Gasteiger partial charge in [-0.15, -0.1) is 0 Å². The number of aliphatic hydroxyl groups excluding tert-OH is 1. The molecule has 60 heavy (non-hydrogen) atoms. The summed E-state index contributed by atoms with van der Waals surface area (Å²) in [7, 11) is 1.49. The Morgan fingerprint density at radius 2 is 1.02 bits per heavy atom. The van der Waals surface area contributed by atoms with Gasteiger partial charge in [0.15, 0.2) is 0 Å². The predicted molar refractivity (Wildman–Crippen MR) is 258 cm³/mol. The smallest absolute Gasteiger partial charge is 0.387 e. The third-order valence-corrected chi connectivity index (χ3v) is 11.1. The molecule has 3 N–H and O–H groups in total. The Hall–Kier alpha value is -2.32. The molecular weight excluding hydrogens is 768 g/mol. The second kappa shape index (κ2) is 42.0. The molecule has 0 heterocycles. The fourth-order valence-electron chi connectivity index (χ4n) is 6.32. The van der Waals surface area contributed by atoms with Gasteiger partial charge in [-0.25, -0.2) is 4.57 Å². The summed E-state index contributed by atoms with van der Waals surface area (Å²) in [6, 6.07) is -0.912. The van der Waals surface area contributed by atoms with Crippen LogP contribution in [-0.4, -0.2) is 73.4 Å². The number of phosphoric ester groups is 1. The second-order valence-electron chi connectivity index (χ2n) is 17.1. The quantitative estimate of drug-likeness (QED) is 0.0244. The summed E-state index contributed by atoms with van der Waals surface area (Å²) in [5.41, 5.74) is 0. The summed E-state index contributed by atoms with van der Waals surface area (Å²) >= 11 is 0. The van der Waals surface area contributed by atoms with Crippen molar-refractivity contribution >= 4 is 13.7 Å². The van der Waals surface area contributed by atoms with Crippen LogP contribution >= 0.6 is 7.82 Å². The third kappa shape index (κ3) is 43.8. The SMILES string of the molecule is CC/C=C\C/C=C\C/C=C\C/C=C\CCC(=O)NC(COP(=O)(O)OCC[N+](C)(C)C)C(O)/C=C/CC/C=C/CC/C=C/CCCCCCCCCCCCCCCCC. The van der Waals surface area contributed by atoms with Gasteiger partial charge in [0.2, 0.25) is 5.91 Å². The standard InChI is InChI=1S/C51H91N2O6P/c1-6-8-10-12-14-16-18-20-21-22-23-24-25-26-27-28-29-30-31-33-34-36-38-40-42-44-50(54)49(48-59-60(56,57)58-47-46-53(3,4)5)52-51(55)45-43-41-39-37-35-32-19-17-15-13-11-9-7-2/h9,11,15,17,29-30,32,34-36,39,41-42,44,49-50,54H,6-8,10,12-14,16,18-28,31,33,37-38,40,43,45-48H2,1-5H3,(H-,52,55,56,57)/p+1/b11-9-,17-15-,30-29+,35-32-,36-34+,41-39-,44-42+. The Morgan fingerprint density at radius 3 is 1.52 bits per heavy atom. The molecule has 346 valence electrons. The summed E-state index contributed by atoms with van der Waals surface area (Å²) in [4.78, 5) is 23.1. The van der Waals surface area contributed by atoms with Crippen molar-refractivity contribution in [2.75, 3.05) is 40.9 Å². The first kappa shape index (κ1) is 57.7. The van der Waals surface area contributed by atoms with Crippen LogP contribution in [0.25, 0.3) is 0 Å². The van der Waals surface area contributed by atoms with Crippen LogP contribution < -0.4 is 5.32 Å². The molecule has 0 saturated carbocycles. The fourth-order valence-corrected chi connectivity index (χ4v) is 7.05. The lowest BCUT2D eigenvalue weighted by Gasteiger charge is -2.25. The summed E-state index contributed by atoms with van der Waals surface area (Å²) in [6.07, 6.45) is 58.4. The van der Waals surface area contributed by atoms with E-state index >= 15 is 0 Å². The molecule has 8 nitrogen and oxygen atoms in total. The molecule has 1 amide bonds. The number of carbonyl (C=O) groups is 1. The van der Waals surface area contributed by atoms with E-state index in [1.165, 1.54) is 103 Å². The maximum absolute atomic E-state index is 12.8. The lowest BCUT2D eigenvalue weighted by molar-refractivity contribution is -0.870. The highest BCUT2D eigenvalue weighted by Crippen LogP contribution is 2.43. The lowest BCUT2D eigenvalue weighted by atomic mass is 10.0. The largest absolute Gasteiger partial charge is 0.472 e. The van der Waals surface area contributed by atoms with Crippen molar-refractivity contribution in [3.63, 3.8) is 0 Å². The number of rotatable bonds is 42. The Kier molecular flexibility index (Phi) is 40.4. The molecule has 9 heteroatoms. The number of likely N-dealkylation sites (N-methyl/N-ethyl adjacent to an activating group) is 1. The van der Waals surface area contributed by atoms with Crippen molar-refractivity contribution in [3.8, 4) is 0 Å². The van der Waals surface area contributed by atoms with Crippen LogP contribution in [0.5, 0.6) is 0 Å². The van der Waals surface area contributed by atoms with Crippen molar-refractivity contribution in [1.82, 2.24) is 5.32 Å². The number of nitrogens with zero attached hydrogens (tertiary/aromatic N) is 1. The Bertz CT molecular complexity index is 1250. The van der Waals surface area contributed by atoms with Crippen molar-refractivity contribution in [1.29, 1.82) is 0 Å². The molecule has 0 aliphatic carbocycles. The summed E-state index contributed by atoms with van der Waals surface area (Å²) in [5, 5.41) is 13.7. The highest BCUT2D eigenvalue weighted by Gasteiger charge is 2.27. The monoisotopic (exact) mass is 860 g/mol. The van der Waals surface area contributed by atoms with Gasteiger partial charge in [-0.3, -0.25) is 13.8 Å². The number of hydrogen-bond donors (Lipinski definition) is 3. The minimum absolute atomic E-state index is 0.0367. The first-order chi connectivity index (χ1) is 29.0. The van der Waals surface area contributed by atoms with Crippen molar-refractivity contribution in [2.45, 2.75) is 193 Å².